The number of fused-ring (bicyclic) bond motifs is 1. The van der Waals surface area contributed by atoms with Gasteiger partial charge in [0.25, 0.3) is 0 Å². The Labute approximate surface area is 126 Å². The van der Waals surface area contributed by atoms with Gasteiger partial charge in [-0.3, -0.25) is 0 Å². The highest BCUT2D eigenvalue weighted by molar-refractivity contribution is 7.80. The van der Waals surface area contributed by atoms with Gasteiger partial charge in [0.05, 0.1) is 5.52 Å². The van der Waals surface area contributed by atoms with Crippen molar-refractivity contribution in [1.82, 2.24) is 10.3 Å². The first-order chi connectivity index (χ1) is 10.1. The summed E-state index contributed by atoms with van der Waals surface area (Å²) in [5.74, 6) is -0.534. The third-order valence-electron chi connectivity index (χ3n) is 3.64. The summed E-state index contributed by atoms with van der Waals surface area (Å²) in [6, 6.07) is 4.51. The molecule has 110 valence electrons. The van der Waals surface area contributed by atoms with Crippen LogP contribution in [0.25, 0.3) is 10.9 Å². The number of halogens is 1. The van der Waals surface area contributed by atoms with Gasteiger partial charge in [0, 0.05) is 11.4 Å². The van der Waals surface area contributed by atoms with Crippen LogP contribution in [-0.4, -0.2) is 21.2 Å². The first kappa shape index (κ1) is 13.9. The predicted octanol–water partition coefficient (Wildman–Crippen LogP) is 3.91. The number of hydrogen-bond donors (Lipinski definition) is 3. The topological polar surface area (TPSA) is 72.8 Å². The largest absolute Gasteiger partial charge is 0.493 e. The van der Waals surface area contributed by atoms with Crippen LogP contribution in [0.4, 0.5) is 10.1 Å². The molecule has 1 heterocycles. The van der Waals surface area contributed by atoms with E-state index in [9.17, 15) is 9.50 Å². The quantitative estimate of drug-likeness (QED) is 0.582. The molecule has 0 unspecified atom stereocenters. The molecular formula is C14H15FN4OS. The van der Waals surface area contributed by atoms with Crippen molar-refractivity contribution < 1.29 is 9.50 Å². The molecule has 7 heteroatoms. The summed E-state index contributed by atoms with van der Waals surface area (Å²) < 4.78 is 13.1. The fourth-order valence-electron chi connectivity index (χ4n) is 2.61. The summed E-state index contributed by atoms with van der Waals surface area (Å²) in [6.45, 7) is 0. The number of hydrogen-bond acceptors (Lipinski definition) is 3. The minimum atomic E-state index is -0.384. The van der Waals surface area contributed by atoms with Crippen molar-refractivity contribution in [1.29, 1.82) is 0 Å². The highest BCUT2D eigenvalue weighted by atomic mass is 32.1. The molecule has 0 spiro atoms. The molecule has 1 saturated carbocycles. The molecule has 3 N–H and O–H groups in total. The van der Waals surface area contributed by atoms with E-state index in [1.807, 2.05) is 0 Å². The molecule has 1 aliphatic carbocycles. The fourth-order valence-corrected chi connectivity index (χ4v) is 2.82. The van der Waals surface area contributed by atoms with E-state index >= 15 is 0 Å². The van der Waals surface area contributed by atoms with Gasteiger partial charge in [-0.15, -0.1) is 10.2 Å². The number of thiocarbonyl (C=S) groups is 1. The number of H-pyrrole nitrogens is 1. The Hall–Kier alpha value is -2.02. The summed E-state index contributed by atoms with van der Waals surface area (Å²) in [5, 5.41) is 21.8. The maximum Gasteiger partial charge on any atom is 0.218 e. The zero-order valence-electron chi connectivity index (χ0n) is 11.3. The van der Waals surface area contributed by atoms with Gasteiger partial charge in [0.2, 0.25) is 11.0 Å². The van der Waals surface area contributed by atoms with Gasteiger partial charge in [0.1, 0.15) is 5.82 Å². The smallest absolute Gasteiger partial charge is 0.218 e. The number of azo groups is 1. The number of nitrogens with one attached hydrogen (secondary N) is 2. The predicted molar refractivity (Wildman–Crippen MR) is 82.4 cm³/mol. The normalized spacial score (nSPS) is 16.0. The molecule has 5 nitrogen and oxygen atoms in total. The standard InChI is InChI=1S/C14H15FN4OS/c15-8-5-6-10-11(7-8)17-13(20)12(10)18-19-14(21)16-9-3-1-2-4-9/h5-7,9,17,20H,1-4H2,(H,16,21). The van der Waals surface area contributed by atoms with Gasteiger partial charge in [-0.05, 0) is 43.3 Å². The lowest BCUT2D eigenvalue weighted by atomic mass is 10.2. The van der Waals surface area contributed by atoms with E-state index in [0.29, 0.717) is 22.1 Å². The fraction of sp³-hybridized carbons (Fsp3) is 0.357. The zero-order chi connectivity index (χ0) is 14.8. The Morgan fingerprint density at radius 2 is 2.14 bits per heavy atom. The van der Waals surface area contributed by atoms with Crippen molar-refractivity contribution in [3.05, 3.63) is 24.0 Å². The highest BCUT2D eigenvalue weighted by Gasteiger charge is 2.16. The van der Waals surface area contributed by atoms with Gasteiger partial charge in [0.15, 0.2) is 5.69 Å². The Balaban J connectivity index is 1.78. The summed E-state index contributed by atoms with van der Waals surface area (Å²) in [7, 11) is 0. The van der Waals surface area contributed by atoms with Crippen molar-refractivity contribution in [2.24, 2.45) is 10.2 Å². The van der Waals surface area contributed by atoms with Crippen LogP contribution in [0, 0.1) is 5.82 Å². The lowest BCUT2D eigenvalue weighted by molar-refractivity contribution is 0.459. The van der Waals surface area contributed by atoms with Crippen LogP contribution in [0.15, 0.2) is 28.4 Å². The van der Waals surface area contributed by atoms with Crippen LogP contribution in [0.5, 0.6) is 5.88 Å². The van der Waals surface area contributed by atoms with Crippen LogP contribution >= 0.6 is 12.2 Å². The van der Waals surface area contributed by atoms with Crippen molar-refractivity contribution in [2.45, 2.75) is 31.7 Å². The first-order valence-corrected chi connectivity index (χ1v) is 7.27. The molecule has 0 aliphatic heterocycles. The number of aromatic hydroxyl groups is 1. The molecule has 0 amide bonds. The summed E-state index contributed by atoms with van der Waals surface area (Å²) in [6.07, 6.45) is 4.58. The summed E-state index contributed by atoms with van der Waals surface area (Å²) in [4.78, 5) is 2.66. The molecular weight excluding hydrogens is 291 g/mol. The SMILES string of the molecule is Oc1[nH]c2cc(F)ccc2c1N=NC(=S)NC1CCCC1. The zero-order valence-corrected chi connectivity index (χ0v) is 12.1. The van der Waals surface area contributed by atoms with Gasteiger partial charge >= 0.3 is 0 Å². The molecule has 1 aromatic heterocycles. The van der Waals surface area contributed by atoms with Gasteiger partial charge in [-0.2, -0.15) is 0 Å². The minimum Gasteiger partial charge on any atom is -0.493 e. The number of aromatic nitrogens is 1. The molecule has 1 fully saturated rings. The molecule has 2 aromatic rings. The average Bonchev–Trinajstić information content (AvgIpc) is 3.03. The second-order valence-corrected chi connectivity index (χ2v) is 5.53. The molecule has 1 aromatic carbocycles. The van der Waals surface area contributed by atoms with Gasteiger partial charge < -0.3 is 15.4 Å². The third kappa shape index (κ3) is 3.02. The second kappa shape index (κ2) is 5.77. The van der Waals surface area contributed by atoms with Crippen molar-refractivity contribution in [3.63, 3.8) is 0 Å². The number of aromatic amines is 1. The molecule has 3 rings (SSSR count). The Morgan fingerprint density at radius 3 is 2.90 bits per heavy atom. The highest BCUT2D eigenvalue weighted by Crippen LogP contribution is 2.35. The molecule has 0 bridgehead atoms. The van der Waals surface area contributed by atoms with E-state index in [0.717, 1.165) is 12.8 Å². The van der Waals surface area contributed by atoms with Crippen molar-refractivity contribution >= 4 is 33.9 Å². The van der Waals surface area contributed by atoms with E-state index in [1.54, 1.807) is 6.07 Å². The van der Waals surface area contributed by atoms with Crippen LogP contribution in [0.2, 0.25) is 0 Å². The van der Waals surface area contributed by atoms with Crippen LogP contribution in [0.1, 0.15) is 25.7 Å². The number of rotatable bonds is 2. The molecule has 0 atom stereocenters. The first-order valence-electron chi connectivity index (χ1n) is 6.86. The number of benzene rings is 1. The lowest BCUT2D eigenvalue weighted by Crippen LogP contribution is -2.29. The summed E-state index contributed by atoms with van der Waals surface area (Å²) >= 11 is 5.13. The van der Waals surface area contributed by atoms with Crippen molar-refractivity contribution in [3.8, 4) is 5.88 Å². The van der Waals surface area contributed by atoms with Crippen LogP contribution < -0.4 is 5.32 Å². The number of nitrogens with zero attached hydrogens (tertiary/aromatic N) is 2. The second-order valence-electron chi connectivity index (χ2n) is 5.14. The van der Waals surface area contributed by atoms with Crippen molar-refractivity contribution in [2.75, 3.05) is 0 Å². The molecule has 0 saturated heterocycles. The van der Waals surface area contributed by atoms with Gasteiger partial charge in [-0.1, -0.05) is 12.8 Å². The third-order valence-corrected chi connectivity index (χ3v) is 3.84. The molecule has 0 radical (unpaired) electrons. The maximum atomic E-state index is 13.1. The Bertz CT molecular complexity index is 706. The Morgan fingerprint density at radius 1 is 1.38 bits per heavy atom. The average molecular weight is 306 g/mol. The van der Waals surface area contributed by atoms with E-state index in [4.69, 9.17) is 12.2 Å². The van der Waals surface area contributed by atoms with E-state index in [2.05, 4.69) is 20.5 Å². The Kier molecular flexibility index (Phi) is 3.83. The molecule has 1 aliphatic rings. The van der Waals surface area contributed by atoms with E-state index in [1.165, 1.54) is 25.0 Å². The lowest BCUT2D eigenvalue weighted by Gasteiger charge is -2.09. The van der Waals surface area contributed by atoms with E-state index in [-0.39, 0.29) is 17.4 Å². The molecule has 21 heavy (non-hydrogen) atoms. The summed E-state index contributed by atoms with van der Waals surface area (Å²) in [5.41, 5.74) is 0.733. The van der Waals surface area contributed by atoms with Gasteiger partial charge in [-0.25, -0.2) is 4.39 Å². The minimum absolute atomic E-state index is 0.150. The van der Waals surface area contributed by atoms with E-state index < -0.39 is 0 Å². The van der Waals surface area contributed by atoms with Crippen LogP contribution in [-0.2, 0) is 0 Å². The monoisotopic (exact) mass is 306 g/mol. The van der Waals surface area contributed by atoms with Crippen LogP contribution in [0.3, 0.4) is 0 Å². The maximum absolute atomic E-state index is 13.1.